The van der Waals surface area contributed by atoms with Crippen molar-refractivity contribution in [2.45, 2.75) is 6.54 Å². The molecule has 0 aliphatic carbocycles. The van der Waals surface area contributed by atoms with Gasteiger partial charge in [0, 0.05) is 29.1 Å². The molecule has 0 atom stereocenters. The summed E-state index contributed by atoms with van der Waals surface area (Å²) in [7, 11) is 0. The van der Waals surface area contributed by atoms with Crippen LogP contribution in [0.3, 0.4) is 0 Å². The predicted molar refractivity (Wildman–Crippen MR) is 90.1 cm³/mol. The summed E-state index contributed by atoms with van der Waals surface area (Å²) in [6.07, 6.45) is 1.64. The van der Waals surface area contributed by atoms with Gasteiger partial charge in [0.15, 0.2) is 0 Å². The summed E-state index contributed by atoms with van der Waals surface area (Å²) in [5.74, 6) is -0.256. The lowest BCUT2D eigenvalue weighted by Crippen LogP contribution is -2.30. The minimum Gasteiger partial charge on any atom is -0.330 e. The molecule has 0 saturated carbocycles. The Bertz CT molecular complexity index is 714. The number of benzene rings is 1. The maximum atomic E-state index is 12.6. The van der Waals surface area contributed by atoms with Crippen molar-refractivity contribution in [3.05, 3.63) is 73.4 Å². The molecule has 22 heavy (non-hydrogen) atoms. The number of nitro benzene ring substituents is 1. The number of amides is 1. The SMILES string of the molecule is C=CCN(Cc1ccc(Br)s1)C(=O)c1cccc([N+](=O)[O-])c1. The molecule has 5 nitrogen and oxygen atoms in total. The maximum Gasteiger partial charge on any atom is 0.270 e. The van der Waals surface area contributed by atoms with Gasteiger partial charge in [-0.1, -0.05) is 12.1 Å². The lowest BCUT2D eigenvalue weighted by molar-refractivity contribution is -0.384. The highest BCUT2D eigenvalue weighted by molar-refractivity contribution is 9.11. The molecule has 0 fully saturated rings. The van der Waals surface area contributed by atoms with Gasteiger partial charge in [-0.3, -0.25) is 14.9 Å². The molecular formula is C15H13BrN2O3S. The minimum atomic E-state index is -0.509. The molecule has 1 aromatic heterocycles. The summed E-state index contributed by atoms with van der Waals surface area (Å²) in [5, 5.41) is 10.8. The molecule has 2 aromatic rings. The Hall–Kier alpha value is -1.99. The first kappa shape index (κ1) is 16.4. The molecule has 0 aliphatic rings. The Morgan fingerprint density at radius 2 is 2.18 bits per heavy atom. The van der Waals surface area contributed by atoms with Crippen LogP contribution in [0.2, 0.25) is 0 Å². The zero-order chi connectivity index (χ0) is 16.1. The van der Waals surface area contributed by atoms with Gasteiger partial charge < -0.3 is 4.90 Å². The summed E-state index contributed by atoms with van der Waals surface area (Å²) in [5.41, 5.74) is 0.204. The number of carbonyl (C=O) groups excluding carboxylic acids is 1. The number of hydrogen-bond acceptors (Lipinski definition) is 4. The van der Waals surface area contributed by atoms with E-state index in [9.17, 15) is 14.9 Å². The predicted octanol–water partition coefficient (Wildman–Crippen LogP) is 4.25. The molecule has 7 heteroatoms. The molecule has 2 rings (SSSR count). The van der Waals surface area contributed by atoms with Gasteiger partial charge in [-0.15, -0.1) is 17.9 Å². The van der Waals surface area contributed by atoms with Crippen molar-refractivity contribution in [3.8, 4) is 0 Å². The Balaban J connectivity index is 2.23. The van der Waals surface area contributed by atoms with Crippen LogP contribution in [0.5, 0.6) is 0 Å². The van der Waals surface area contributed by atoms with Crippen molar-refractivity contribution in [3.63, 3.8) is 0 Å². The van der Waals surface area contributed by atoms with Crippen molar-refractivity contribution < 1.29 is 9.72 Å². The summed E-state index contributed by atoms with van der Waals surface area (Å²) < 4.78 is 0.990. The average molecular weight is 381 g/mol. The lowest BCUT2D eigenvalue weighted by Gasteiger charge is -2.20. The van der Waals surface area contributed by atoms with E-state index in [2.05, 4.69) is 22.5 Å². The second kappa shape index (κ2) is 7.33. The van der Waals surface area contributed by atoms with Crippen molar-refractivity contribution in [2.75, 3.05) is 6.54 Å². The quantitative estimate of drug-likeness (QED) is 0.427. The first-order valence-corrected chi connectivity index (χ1v) is 8.01. The summed E-state index contributed by atoms with van der Waals surface area (Å²) >= 11 is 4.93. The molecule has 0 N–H and O–H groups in total. The summed E-state index contributed by atoms with van der Waals surface area (Å²) in [4.78, 5) is 25.5. The van der Waals surface area contributed by atoms with E-state index in [0.29, 0.717) is 18.7 Å². The van der Waals surface area contributed by atoms with Crippen molar-refractivity contribution >= 4 is 38.9 Å². The number of halogens is 1. The zero-order valence-corrected chi connectivity index (χ0v) is 14.0. The number of hydrogen-bond donors (Lipinski definition) is 0. The number of carbonyl (C=O) groups is 1. The Morgan fingerprint density at radius 3 is 2.77 bits per heavy atom. The van der Waals surface area contributed by atoms with Crippen LogP contribution in [0.1, 0.15) is 15.2 Å². The normalized spacial score (nSPS) is 10.2. The van der Waals surface area contributed by atoms with E-state index in [1.165, 1.54) is 18.2 Å². The van der Waals surface area contributed by atoms with Gasteiger partial charge in [0.1, 0.15) is 0 Å². The Kier molecular flexibility index (Phi) is 5.46. The topological polar surface area (TPSA) is 63.5 Å². The van der Waals surface area contributed by atoms with Gasteiger partial charge >= 0.3 is 0 Å². The Labute approximate surface area is 140 Å². The molecule has 1 heterocycles. The smallest absolute Gasteiger partial charge is 0.270 e. The molecule has 0 bridgehead atoms. The van der Waals surface area contributed by atoms with Gasteiger partial charge in [-0.05, 0) is 34.1 Å². The molecule has 0 unspecified atom stereocenters. The van der Waals surface area contributed by atoms with Crippen LogP contribution in [0.25, 0.3) is 0 Å². The minimum absolute atomic E-state index is 0.0942. The third-order valence-electron chi connectivity index (χ3n) is 2.92. The molecule has 0 saturated heterocycles. The fraction of sp³-hybridized carbons (Fsp3) is 0.133. The molecule has 0 spiro atoms. The lowest BCUT2D eigenvalue weighted by atomic mass is 10.1. The van der Waals surface area contributed by atoms with Gasteiger partial charge in [-0.25, -0.2) is 0 Å². The fourth-order valence-electron chi connectivity index (χ4n) is 1.94. The third kappa shape index (κ3) is 4.02. The number of rotatable bonds is 6. The first-order chi connectivity index (χ1) is 10.5. The summed E-state index contributed by atoms with van der Waals surface area (Å²) in [6.45, 7) is 4.47. The highest BCUT2D eigenvalue weighted by Crippen LogP contribution is 2.24. The van der Waals surface area contributed by atoms with Crippen LogP contribution in [0, 0.1) is 10.1 Å². The maximum absolute atomic E-state index is 12.6. The average Bonchev–Trinajstić information content (AvgIpc) is 2.91. The van der Waals surface area contributed by atoms with Crippen LogP contribution in [-0.2, 0) is 6.54 Å². The van der Waals surface area contributed by atoms with Crippen molar-refractivity contribution in [1.82, 2.24) is 4.90 Å². The molecule has 114 valence electrons. The van der Waals surface area contributed by atoms with Crippen LogP contribution in [-0.4, -0.2) is 22.3 Å². The van der Waals surface area contributed by atoms with Crippen LogP contribution in [0.15, 0.2) is 52.8 Å². The standard InChI is InChI=1S/C15H13BrN2O3S/c1-2-8-17(10-13-6-7-14(16)22-13)15(19)11-4-3-5-12(9-11)18(20)21/h2-7,9H,1,8,10H2. The van der Waals surface area contributed by atoms with Gasteiger partial charge in [0.2, 0.25) is 0 Å². The second-order valence-electron chi connectivity index (χ2n) is 4.49. The number of nitrogens with zero attached hydrogens (tertiary/aromatic N) is 2. The third-order valence-corrected chi connectivity index (χ3v) is 4.52. The molecular weight excluding hydrogens is 368 g/mol. The molecule has 0 aliphatic heterocycles. The number of non-ortho nitro benzene ring substituents is 1. The van der Waals surface area contributed by atoms with E-state index in [-0.39, 0.29) is 11.6 Å². The van der Waals surface area contributed by atoms with Crippen molar-refractivity contribution in [2.24, 2.45) is 0 Å². The van der Waals surface area contributed by atoms with E-state index in [0.717, 1.165) is 8.66 Å². The van der Waals surface area contributed by atoms with E-state index in [4.69, 9.17) is 0 Å². The van der Waals surface area contributed by atoms with Gasteiger partial charge in [-0.2, -0.15) is 0 Å². The van der Waals surface area contributed by atoms with Crippen LogP contribution in [0.4, 0.5) is 5.69 Å². The highest BCUT2D eigenvalue weighted by Gasteiger charge is 2.18. The Morgan fingerprint density at radius 1 is 1.41 bits per heavy atom. The molecule has 0 radical (unpaired) electrons. The van der Waals surface area contributed by atoms with E-state index < -0.39 is 4.92 Å². The highest BCUT2D eigenvalue weighted by atomic mass is 79.9. The second-order valence-corrected chi connectivity index (χ2v) is 7.04. The van der Waals surface area contributed by atoms with Crippen molar-refractivity contribution in [1.29, 1.82) is 0 Å². The van der Waals surface area contributed by atoms with Crippen LogP contribution < -0.4 is 0 Å². The summed E-state index contributed by atoms with van der Waals surface area (Å²) in [6, 6.07) is 9.61. The monoisotopic (exact) mass is 380 g/mol. The molecule has 1 aromatic carbocycles. The first-order valence-electron chi connectivity index (χ1n) is 6.40. The zero-order valence-electron chi connectivity index (χ0n) is 11.6. The molecule has 1 amide bonds. The largest absolute Gasteiger partial charge is 0.330 e. The van der Waals surface area contributed by atoms with Gasteiger partial charge in [0.05, 0.1) is 15.3 Å². The van der Waals surface area contributed by atoms with Crippen LogP contribution >= 0.6 is 27.3 Å². The van der Waals surface area contributed by atoms with E-state index in [1.807, 2.05) is 12.1 Å². The van der Waals surface area contributed by atoms with Gasteiger partial charge in [0.25, 0.3) is 11.6 Å². The number of thiophene rings is 1. The fourth-order valence-corrected chi connectivity index (χ4v) is 3.43. The van der Waals surface area contributed by atoms with E-state index in [1.54, 1.807) is 28.4 Å². The number of nitro groups is 1. The van der Waals surface area contributed by atoms with E-state index >= 15 is 0 Å².